The second-order valence-electron chi connectivity index (χ2n) is 5.61. The fourth-order valence-corrected chi connectivity index (χ4v) is 2.04. The average molecular weight is 303 g/mol. The molecule has 1 aromatic carbocycles. The van der Waals surface area contributed by atoms with E-state index in [9.17, 15) is 4.79 Å². The quantitative estimate of drug-likeness (QED) is 0.824. The van der Waals surface area contributed by atoms with Gasteiger partial charge in [-0.3, -0.25) is 4.79 Å². The van der Waals surface area contributed by atoms with E-state index in [0.29, 0.717) is 12.1 Å². The Labute approximate surface area is 129 Å². The number of aliphatic hydroxyl groups excluding tert-OH is 1. The van der Waals surface area contributed by atoms with E-state index in [2.05, 4.69) is 5.32 Å². The van der Waals surface area contributed by atoms with E-state index in [1.54, 1.807) is 18.6 Å². The van der Waals surface area contributed by atoms with E-state index in [1.165, 1.54) is 0 Å². The lowest BCUT2D eigenvalue weighted by atomic mass is 10.0. The molecule has 0 saturated carbocycles. The molecule has 0 fully saturated rings. The highest BCUT2D eigenvalue weighted by atomic mass is 16.5. The lowest BCUT2D eigenvalue weighted by Gasteiger charge is -2.25. The van der Waals surface area contributed by atoms with Crippen molar-refractivity contribution in [3.05, 3.63) is 48.4 Å². The highest BCUT2D eigenvalue weighted by Gasteiger charge is 2.19. The Bertz CT molecular complexity index is 605. The van der Waals surface area contributed by atoms with Crippen molar-refractivity contribution < 1.29 is 19.1 Å². The number of hydrogen-bond acceptors (Lipinski definition) is 4. The number of ether oxygens (including phenoxy) is 1. The summed E-state index contributed by atoms with van der Waals surface area (Å²) in [4.78, 5) is 12.2. The average Bonchev–Trinajstić information content (AvgIpc) is 3.05. The van der Waals surface area contributed by atoms with E-state index >= 15 is 0 Å². The van der Waals surface area contributed by atoms with E-state index in [0.717, 1.165) is 11.1 Å². The van der Waals surface area contributed by atoms with Crippen LogP contribution >= 0.6 is 0 Å². The van der Waals surface area contributed by atoms with Gasteiger partial charge in [0.05, 0.1) is 31.3 Å². The number of nitrogens with one attached hydrogen (secondary N) is 1. The minimum atomic E-state index is -0.527. The van der Waals surface area contributed by atoms with Crippen LogP contribution in [0.5, 0.6) is 0 Å². The molecule has 5 nitrogen and oxygen atoms in total. The van der Waals surface area contributed by atoms with E-state index in [1.807, 2.05) is 38.1 Å². The number of furan rings is 1. The molecule has 0 aliphatic carbocycles. The normalized spacial score (nSPS) is 11.4. The van der Waals surface area contributed by atoms with E-state index in [-0.39, 0.29) is 19.1 Å². The van der Waals surface area contributed by atoms with Gasteiger partial charge in [0, 0.05) is 17.7 Å². The standard InChI is InChI=1S/C17H21NO4/c1-17(2,22-9-7-19)12-18-16(20)14-5-3-4-13(10-14)15-6-8-21-11-15/h3-6,8,10-11,19H,7,9,12H2,1-2H3,(H,18,20). The van der Waals surface area contributed by atoms with Gasteiger partial charge in [-0.15, -0.1) is 0 Å². The Morgan fingerprint density at radius 3 is 2.82 bits per heavy atom. The van der Waals surface area contributed by atoms with Crippen LogP contribution in [-0.4, -0.2) is 36.4 Å². The minimum absolute atomic E-state index is 0.0376. The minimum Gasteiger partial charge on any atom is -0.472 e. The Morgan fingerprint density at radius 2 is 2.14 bits per heavy atom. The zero-order chi connectivity index (χ0) is 16.0. The van der Waals surface area contributed by atoms with Crippen molar-refractivity contribution in [1.82, 2.24) is 5.32 Å². The number of aliphatic hydroxyl groups is 1. The first kappa shape index (κ1) is 16.3. The second-order valence-corrected chi connectivity index (χ2v) is 5.61. The second kappa shape index (κ2) is 7.24. The summed E-state index contributed by atoms with van der Waals surface area (Å²) >= 11 is 0. The van der Waals surface area contributed by atoms with Crippen molar-refractivity contribution in [2.75, 3.05) is 19.8 Å². The zero-order valence-electron chi connectivity index (χ0n) is 12.8. The highest BCUT2D eigenvalue weighted by molar-refractivity contribution is 5.95. The Kier molecular flexibility index (Phi) is 5.35. The predicted molar refractivity (Wildman–Crippen MR) is 83.6 cm³/mol. The summed E-state index contributed by atoms with van der Waals surface area (Å²) in [5.41, 5.74) is 1.91. The third-order valence-electron chi connectivity index (χ3n) is 3.24. The van der Waals surface area contributed by atoms with Gasteiger partial charge in [0.2, 0.25) is 0 Å². The maximum absolute atomic E-state index is 12.2. The smallest absolute Gasteiger partial charge is 0.251 e. The van der Waals surface area contributed by atoms with Crippen LogP contribution in [-0.2, 0) is 4.74 Å². The van der Waals surface area contributed by atoms with Gasteiger partial charge in [0.1, 0.15) is 0 Å². The van der Waals surface area contributed by atoms with Crippen LogP contribution in [0.2, 0.25) is 0 Å². The van der Waals surface area contributed by atoms with Crippen molar-refractivity contribution in [3.63, 3.8) is 0 Å². The molecule has 2 aromatic rings. The summed E-state index contributed by atoms with van der Waals surface area (Å²) in [6, 6.07) is 9.20. The zero-order valence-corrected chi connectivity index (χ0v) is 12.8. The van der Waals surface area contributed by atoms with Gasteiger partial charge in [0.25, 0.3) is 5.91 Å². The molecule has 1 amide bonds. The Balaban J connectivity index is 2.00. The summed E-state index contributed by atoms with van der Waals surface area (Å²) in [6.07, 6.45) is 3.24. The van der Waals surface area contributed by atoms with Gasteiger partial charge in [-0.1, -0.05) is 12.1 Å². The van der Waals surface area contributed by atoms with Crippen LogP contribution in [0.1, 0.15) is 24.2 Å². The Hall–Kier alpha value is -2.11. The van der Waals surface area contributed by atoms with Crippen molar-refractivity contribution >= 4 is 5.91 Å². The SMILES string of the molecule is CC(C)(CNC(=O)c1cccc(-c2ccoc2)c1)OCCO. The molecule has 0 saturated heterocycles. The first-order valence-corrected chi connectivity index (χ1v) is 7.17. The number of hydrogen-bond donors (Lipinski definition) is 2. The van der Waals surface area contributed by atoms with Gasteiger partial charge in [-0.25, -0.2) is 0 Å². The fraction of sp³-hybridized carbons (Fsp3) is 0.353. The molecule has 5 heteroatoms. The van der Waals surface area contributed by atoms with Crippen molar-refractivity contribution in [2.24, 2.45) is 0 Å². The van der Waals surface area contributed by atoms with Crippen molar-refractivity contribution in [2.45, 2.75) is 19.4 Å². The molecule has 1 aromatic heterocycles. The number of carbonyl (C=O) groups excluding carboxylic acids is 1. The molecule has 0 atom stereocenters. The molecule has 0 aliphatic rings. The van der Waals surface area contributed by atoms with Crippen molar-refractivity contribution in [1.29, 1.82) is 0 Å². The van der Waals surface area contributed by atoms with Gasteiger partial charge < -0.3 is 19.6 Å². The maximum Gasteiger partial charge on any atom is 0.251 e. The molecule has 0 spiro atoms. The largest absolute Gasteiger partial charge is 0.472 e. The van der Waals surface area contributed by atoms with Gasteiger partial charge in [-0.2, -0.15) is 0 Å². The van der Waals surface area contributed by atoms with Crippen LogP contribution in [0.15, 0.2) is 47.3 Å². The van der Waals surface area contributed by atoms with Crippen LogP contribution in [0.4, 0.5) is 0 Å². The summed E-state index contributed by atoms with van der Waals surface area (Å²) in [6.45, 7) is 4.31. The molecule has 2 N–H and O–H groups in total. The number of rotatable bonds is 7. The van der Waals surface area contributed by atoms with Crippen LogP contribution in [0.3, 0.4) is 0 Å². The first-order valence-electron chi connectivity index (χ1n) is 7.17. The van der Waals surface area contributed by atoms with Gasteiger partial charge >= 0.3 is 0 Å². The molecular weight excluding hydrogens is 282 g/mol. The molecular formula is C17H21NO4. The number of carbonyl (C=O) groups is 1. The molecule has 0 aliphatic heterocycles. The molecule has 0 bridgehead atoms. The third kappa shape index (κ3) is 4.44. The van der Waals surface area contributed by atoms with Crippen LogP contribution in [0, 0.1) is 0 Å². The molecule has 118 valence electrons. The highest BCUT2D eigenvalue weighted by Crippen LogP contribution is 2.20. The monoisotopic (exact) mass is 303 g/mol. The molecule has 1 heterocycles. The van der Waals surface area contributed by atoms with Crippen LogP contribution < -0.4 is 5.32 Å². The summed E-state index contributed by atoms with van der Waals surface area (Å²) in [7, 11) is 0. The lowest BCUT2D eigenvalue weighted by Crippen LogP contribution is -2.41. The summed E-state index contributed by atoms with van der Waals surface area (Å²) in [5.74, 6) is -0.161. The number of benzene rings is 1. The van der Waals surface area contributed by atoms with Gasteiger partial charge in [0.15, 0.2) is 0 Å². The van der Waals surface area contributed by atoms with Gasteiger partial charge in [-0.05, 0) is 37.6 Å². The Morgan fingerprint density at radius 1 is 1.32 bits per heavy atom. The fourth-order valence-electron chi connectivity index (χ4n) is 2.04. The summed E-state index contributed by atoms with van der Waals surface area (Å²) < 4.78 is 10.5. The predicted octanol–water partition coefficient (Wildman–Crippen LogP) is 2.46. The topological polar surface area (TPSA) is 71.7 Å². The van der Waals surface area contributed by atoms with Crippen LogP contribution in [0.25, 0.3) is 11.1 Å². The lowest BCUT2D eigenvalue weighted by molar-refractivity contribution is -0.0307. The molecule has 0 radical (unpaired) electrons. The molecule has 22 heavy (non-hydrogen) atoms. The molecule has 0 unspecified atom stereocenters. The third-order valence-corrected chi connectivity index (χ3v) is 3.24. The number of amides is 1. The summed E-state index contributed by atoms with van der Waals surface area (Å²) in [5, 5.41) is 11.6. The maximum atomic E-state index is 12.2. The van der Waals surface area contributed by atoms with Crippen molar-refractivity contribution in [3.8, 4) is 11.1 Å². The molecule has 2 rings (SSSR count). The first-order chi connectivity index (χ1) is 10.5. The van der Waals surface area contributed by atoms with E-state index < -0.39 is 5.60 Å². The van der Waals surface area contributed by atoms with E-state index in [4.69, 9.17) is 14.3 Å².